The number of ether oxygens (including phenoxy) is 1. The molecule has 2 N–H and O–H groups in total. The normalized spacial score (nSPS) is 27.7. The van der Waals surface area contributed by atoms with Gasteiger partial charge in [-0.25, -0.2) is 0 Å². The Morgan fingerprint density at radius 1 is 1.67 bits per heavy atom. The summed E-state index contributed by atoms with van der Waals surface area (Å²) in [6, 6.07) is 0. The molecule has 4 heteroatoms. The van der Waals surface area contributed by atoms with Gasteiger partial charge in [-0.3, -0.25) is 9.59 Å². The van der Waals surface area contributed by atoms with E-state index in [0.29, 0.717) is 0 Å². The van der Waals surface area contributed by atoms with Crippen LogP contribution in [0.25, 0.3) is 0 Å². The van der Waals surface area contributed by atoms with Crippen molar-refractivity contribution in [3.63, 3.8) is 0 Å². The van der Waals surface area contributed by atoms with E-state index in [0.717, 1.165) is 12.8 Å². The second-order valence-electron chi connectivity index (χ2n) is 2.91. The van der Waals surface area contributed by atoms with Gasteiger partial charge >= 0.3 is 5.97 Å². The molecule has 0 saturated carbocycles. The summed E-state index contributed by atoms with van der Waals surface area (Å²) in [7, 11) is 0. The molecule has 68 valence electrons. The van der Waals surface area contributed by atoms with Crippen LogP contribution < -0.4 is 5.73 Å². The first-order valence-electron chi connectivity index (χ1n) is 4.14. The minimum Gasteiger partial charge on any atom is -0.460 e. The summed E-state index contributed by atoms with van der Waals surface area (Å²) in [4.78, 5) is 21.9. The summed E-state index contributed by atoms with van der Waals surface area (Å²) in [6.45, 7) is 1.91. The average Bonchev–Trinajstić information content (AvgIpc) is 2.03. The van der Waals surface area contributed by atoms with Gasteiger partial charge in [0, 0.05) is 0 Å². The number of esters is 1. The third kappa shape index (κ3) is 1.48. The largest absolute Gasteiger partial charge is 0.460 e. The van der Waals surface area contributed by atoms with Gasteiger partial charge in [-0.15, -0.1) is 0 Å². The molecule has 1 aliphatic heterocycles. The summed E-state index contributed by atoms with van der Waals surface area (Å²) in [5.41, 5.74) is 5.15. The minimum atomic E-state index is -0.574. The lowest BCUT2D eigenvalue weighted by Crippen LogP contribution is -2.51. The van der Waals surface area contributed by atoms with Crippen LogP contribution in [0.4, 0.5) is 0 Å². The number of cyclic esters (lactones) is 1. The van der Waals surface area contributed by atoms with Gasteiger partial charge in [0.15, 0.2) is 11.7 Å². The molecule has 4 nitrogen and oxygen atoms in total. The molecule has 0 amide bonds. The molecule has 0 aliphatic carbocycles. The number of hydrogen-bond donors (Lipinski definition) is 1. The molecule has 0 aromatic rings. The van der Waals surface area contributed by atoms with Gasteiger partial charge < -0.3 is 10.5 Å². The van der Waals surface area contributed by atoms with Gasteiger partial charge in [0.1, 0.15) is 6.10 Å². The van der Waals surface area contributed by atoms with Crippen LogP contribution in [0.2, 0.25) is 0 Å². The molecule has 1 heterocycles. The van der Waals surface area contributed by atoms with Crippen molar-refractivity contribution in [2.75, 3.05) is 6.54 Å². The van der Waals surface area contributed by atoms with Crippen LogP contribution in [0.3, 0.4) is 0 Å². The van der Waals surface area contributed by atoms with Crippen LogP contribution in [-0.4, -0.2) is 24.4 Å². The van der Waals surface area contributed by atoms with Gasteiger partial charge in [0.05, 0.1) is 6.54 Å². The van der Waals surface area contributed by atoms with Crippen molar-refractivity contribution in [2.24, 2.45) is 11.7 Å². The first-order chi connectivity index (χ1) is 5.70. The number of hydrogen-bond acceptors (Lipinski definition) is 4. The molecule has 1 rings (SSSR count). The molecule has 2 atom stereocenters. The average molecular weight is 171 g/mol. The van der Waals surface area contributed by atoms with Crippen molar-refractivity contribution in [1.29, 1.82) is 0 Å². The summed E-state index contributed by atoms with van der Waals surface area (Å²) in [5.74, 6) is -1.19. The Bertz CT molecular complexity index is 202. The second-order valence-corrected chi connectivity index (χ2v) is 2.91. The van der Waals surface area contributed by atoms with Crippen molar-refractivity contribution in [3.8, 4) is 0 Å². The summed E-state index contributed by atoms with van der Waals surface area (Å²) in [6.07, 6.45) is 1.45. The van der Waals surface area contributed by atoms with E-state index in [-0.39, 0.29) is 18.4 Å². The minimum absolute atomic E-state index is 0.0695. The van der Waals surface area contributed by atoms with E-state index in [1.54, 1.807) is 0 Å². The number of carbonyl (C=O) groups is 2. The highest BCUT2D eigenvalue weighted by atomic mass is 16.6. The second kappa shape index (κ2) is 3.67. The van der Waals surface area contributed by atoms with Crippen LogP contribution in [0, 0.1) is 5.92 Å². The van der Waals surface area contributed by atoms with E-state index in [4.69, 9.17) is 10.5 Å². The lowest BCUT2D eigenvalue weighted by Gasteiger charge is -2.33. The summed E-state index contributed by atoms with van der Waals surface area (Å²) in [5, 5.41) is 0. The Morgan fingerprint density at radius 3 is 2.75 bits per heavy atom. The van der Waals surface area contributed by atoms with Gasteiger partial charge in [-0.1, -0.05) is 13.3 Å². The molecule has 1 aliphatic rings. The number of ketones is 1. The highest BCUT2D eigenvalue weighted by molar-refractivity contribution is 6.03. The lowest BCUT2D eigenvalue weighted by atomic mass is 9.89. The summed E-state index contributed by atoms with van der Waals surface area (Å²) >= 11 is 0. The van der Waals surface area contributed by atoms with Crippen molar-refractivity contribution in [1.82, 2.24) is 0 Å². The summed E-state index contributed by atoms with van der Waals surface area (Å²) < 4.78 is 4.80. The Kier molecular flexibility index (Phi) is 2.81. The predicted molar refractivity (Wildman–Crippen MR) is 42.3 cm³/mol. The first-order valence-corrected chi connectivity index (χ1v) is 4.14. The molecule has 1 fully saturated rings. The molecule has 0 aromatic heterocycles. The fraction of sp³-hybridized carbons (Fsp3) is 0.750. The maximum absolute atomic E-state index is 11.1. The highest BCUT2D eigenvalue weighted by Crippen LogP contribution is 2.26. The smallest absolute Gasteiger partial charge is 0.320 e. The van der Waals surface area contributed by atoms with Crippen molar-refractivity contribution < 1.29 is 14.3 Å². The van der Waals surface area contributed by atoms with Crippen LogP contribution in [0.5, 0.6) is 0 Å². The molecule has 2 unspecified atom stereocenters. The molecule has 0 bridgehead atoms. The van der Waals surface area contributed by atoms with E-state index >= 15 is 0 Å². The SMILES string of the molecule is CCCC1OC(=O)C1C(=O)CN. The maximum atomic E-state index is 11.1. The van der Waals surface area contributed by atoms with Gasteiger partial charge in [-0.05, 0) is 6.42 Å². The van der Waals surface area contributed by atoms with Crippen molar-refractivity contribution in [2.45, 2.75) is 25.9 Å². The van der Waals surface area contributed by atoms with Crippen LogP contribution >= 0.6 is 0 Å². The van der Waals surface area contributed by atoms with Crippen LogP contribution in [0.1, 0.15) is 19.8 Å². The zero-order valence-corrected chi connectivity index (χ0v) is 7.08. The number of nitrogens with two attached hydrogens (primary N) is 1. The van der Waals surface area contributed by atoms with Crippen LogP contribution in [0.15, 0.2) is 0 Å². The third-order valence-electron chi connectivity index (χ3n) is 2.01. The number of carbonyl (C=O) groups excluding carboxylic acids is 2. The topological polar surface area (TPSA) is 69.4 Å². The highest BCUT2D eigenvalue weighted by Gasteiger charge is 2.45. The molecule has 0 spiro atoms. The monoisotopic (exact) mass is 171 g/mol. The lowest BCUT2D eigenvalue weighted by molar-refractivity contribution is -0.186. The fourth-order valence-electron chi connectivity index (χ4n) is 1.35. The molecule has 1 saturated heterocycles. The zero-order valence-electron chi connectivity index (χ0n) is 7.08. The van der Waals surface area contributed by atoms with E-state index in [9.17, 15) is 9.59 Å². The van der Waals surface area contributed by atoms with Gasteiger partial charge in [0.25, 0.3) is 0 Å². The first kappa shape index (κ1) is 9.19. The Balaban J connectivity index is 2.49. The quantitative estimate of drug-likeness (QED) is 0.472. The Morgan fingerprint density at radius 2 is 2.33 bits per heavy atom. The van der Waals surface area contributed by atoms with E-state index in [1.165, 1.54) is 0 Å². The number of Topliss-reactive ketones (excluding diaryl/α,β-unsaturated/α-hetero) is 1. The van der Waals surface area contributed by atoms with Crippen LogP contribution in [-0.2, 0) is 14.3 Å². The van der Waals surface area contributed by atoms with E-state index in [2.05, 4.69) is 0 Å². The molecule has 0 aromatic carbocycles. The molecule has 0 radical (unpaired) electrons. The van der Waals surface area contributed by atoms with E-state index < -0.39 is 11.9 Å². The van der Waals surface area contributed by atoms with Gasteiger partial charge in [0.2, 0.25) is 0 Å². The molecule has 12 heavy (non-hydrogen) atoms. The standard InChI is InChI=1S/C8H13NO3/c1-2-3-6-7(5(10)4-9)8(11)12-6/h6-7H,2-4,9H2,1H3. The fourth-order valence-corrected chi connectivity index (χ4v) is 1.35. The molecular weight excluding hydrogens is 158 g/mol. The Hall–Kier alpha value is -0.900. The van der Waals surface area contributed by atoms with Crippen molar-refractivity contribution >= 4 is 11.8 Å². The zero-order chi connectivity index (χ0) is 9.14. The predicted octanol–water partition coefficient (Wildman–Crippen LogP) is -0.144. The maximum Gasteiger partial charge on any atom is 0.320 e. The van der Waals surface area contributed by atoms with E-state index in [1.807, 2.05) is 6.92 Å². The number of rotatable bonds is 4. The Labute approximate surface area is 71.1 Å². The van der Waals surface area contributed by atoms with Crippen molar-refractivity contribution in [3.05, 3.63) is 0 Å². The molecular formula is C8H13NO3. The third-order valence-corrected chi connectivity index (χ3v) is 2.01. The van der Waals surface area contributed by atoms with Gasteiger partial charge in [-0.2, -0.15) is 0 Å².